The Morgan fingerprint density at radius 2 is 1.75 bits per heavy atom. The van der Waals surface area contributed by atoms with Gasteiger partial charge in [-0.05, 0) is 64.7 Å². The minimum absolute atomic E-state index is 0.135. The molecule has 0 atom stereocenters. The van der Waals surface area contributed by atoms with Crippen LogP contribution in [0.1, 0.15) is 22.3 Å². The van der Waals surface area contributed by atoms with Crippen molar-refractivity contribution in [3.8, 4) is 16.9 Å². The number of benzene rings is 3. The highest BCUT2D eigenvalue weighted by molar-refractivity contribution is 6.01. The molecule has 0 radical (unpaired) electrons. The summed E-state index contributed by atoms with van der Waals surface area (Å²) in [6.45, 7) is 0. The highest BCUT2D eigenvalue weighted by Crippen LogP contribution is 2.27. The van der Waals surface area contributed by atoms with Crippen LogP contribution in [0.4, 0.5) is 10.1 Å². The van der Waals surface area contributed by atoms with E-state index in [2.05, 4.69) is 10.3 Å². The van der Waals surface area contributed by atoms with Gasteiger partial charge < -0.3 is 15.5 Å². The number of nitrogens with zero attached hydrogens (tertiary/aromatic N) is 1. The summed E-state index contributed by atoms with van der Waals surface area (Å²) in [5.74, 6) is -2.08. The Morgan fingerprint density at radius 3 is 2.53 bits per heavy atom. The molecule has 0 bridgehead atoms. The van der Waals surface area contributed by atoms with Crippen LogP contribution < -0.4 is 5.32 Å². The summed E-state index contributed by atoms with van der Waals surface area (Å²) in [6, 6.07) is 18.2. The molecule has 4 aromatic rings. The second kappa shape index (κ2) is 8.85. The van der Waals surface area contributed by atoms with Crippen molar-refractivity contribution in [1.82, 2.24) is 4.98 Å². The Balaban J connectivity index is 1.48. The van der Waals surface area contributed by atoms with Gasteiger partial charge in [-0.3, -0.25) is 4.79 Å². The van der Waals surface area contributed by atoms with Gasteiger partial charge in [-0.1, -0.05) is 30.3 Å². The third-order valence-electron chi connectivity index (χ3n) is 5.12. The molecular weight excluding hydrogens is 411 g/mol. The van der Waals surface area contributed by atoms with Gasteiger partial charge in [0.05, 0.1) is 11.3 Å². The van der Waals surface area contributed by atoms with Crippen LogP contribution in [0.2, 0.25) is 0 Å². The van der Waals surface area contributed by atoms with Crippen LogP contribution in [0, 0.1) is 5.95 Å². The SMILES string of the molecule is O=C(CCc1ccc2cc(O)ccc2c1)Nc1ccc(-c2cccnc2F)cc1C(=O)O. The number of nitrogens with one attached hydrogen (secondary N) is 1. The van der Waals surface area contributed by atoms with Crippen molar-refractivity contribution in [1.29, 1.82) is 0 Å². The van der Waals surface area contributed by atoms with E-state index in [1.165, 1.54) is 24.4 Å². The molecule has 1 amide bonds. The number of fused-ring (bicyclic) bond motifs is 1. The first kappa shape index (κ1) is 21.0. The number of aromatic carboxylic acids is 1. The van der Waals surface area contributed by atoms with Crippen LogP contribution in [0.25, 0.3) is 21.9 Å². The van der Waals surface area contributed by atoms with E-state index in [1.54, 1.807) is 30.3 Å². The zero-order valence-corrected chi connectivity index (χ0v) is 16.9. The lowest BCUT2D eigenvalue weighted by molar-refractivity contribution is -0.116. The number of hydrogen-bond acceptors (Lipinski definition) is 4. The van der Waals surface area contributed by atoms with Crippen molar-refractivity contribution in [3.05, 3.63) is 90.0 Å². The number of carbonyl (C=O) groups excluding carboxylic acids is 1. The van der Waals surface area contributed by atoms with Gasteiger partial charge in [0.25, 0.3) is 0 Å². The molecular formula is C25H19FN2O4. The molecule has 0 unspecified atom stereocenters. The molecule has 0 saturated heterocycles. The number of aromatic nitrogens is 1. The number of carbonyl (C=O) groups is 2. The smallest absolute Gasteiger partial charge is 0.337 e. The first-order chi connectivity index (χ1) is 15.4. The monoisotopic (exact) mass is 430 g/mol. The highest BCUT2D eigenvalue weighted by atomic mass is 19.1. The number of hydrogen-bond donors (Lipinski definition) is 3. The topological polar surface area (TPSA) is 99.5 Å². The molecule has 0 spiro atoms. The fraction of sp³-hybridized carbons (Fsp3) is 0.0800. The number of pyridine rings is 1. The first-order valence-electron chi connectivity index (χ1n) is 9.90. The molecule has 3 aromatic carbocycles. The largest absolute Gasteiger partial charge is 0.508 e. The third kappa shape index (κ3) is 4.57. The van der Waals surface area contributed by atoms with E-state index in [0.717, 1.165) is 16.3 Å². The standard InChI is InChI=1S/C25H19FN2O4/c26-24-20(2-1-11-27-24)18-7-9-22(21(14-18)25(31)32)28-23(30)10-4-15-3-5-17-13-19(29)8-6-16(17)12-15/h1-3,5-9,11-14,29H,4,10H2,(H,28,30)(H,31,32). The highest BCUT2D eigenvalue weighted by Gasteiger charge is 2.16. The fourth-order valence-corrected chi connectivity index (χ4v) is 3.51. The lowest BCUT2D eigenvalue weighted by Crippen LogP contribution is -2.15. The number of carboxylic acids is 1. The molecule has 1 heterocycles. The van der Waals surface area contributed by atoms with Gasteiger partial charge in [0.15, 0.2) is 0 Å². The molecule has 32 heavy (non-hydrogen) atoms. The number of phenols is 1. The van der Waals surface area contributed by atoms with Gasteiger partial charge in [0, 0.05) is 18.2 Å². The summed E-state index contributed by atoms with van der Waals surface area (Å²) in [5.41, 5.74) is 1.49. The van der Waals surface area contributed by atoms with Crippen LogP contribution in [0.3, 0.4) is 0 Å². The number of phenolic OH excluding ortho intramolecular Hbond substituents is 1. The van der Waals surface area contributed by atoms with Crippen molar-refractivity contribution < 1.29 is 24.2 Å². The summed E-state index contributed by atoms with van der Waals surface area (Å²) >= 11 is 0. The van der Waals surface area contributed by atoms with Crippen LogP contribution >= 0.6 is 0 Å². The van der Waals surface area contributed by atoms with Gasteiger partial charge in [0.2, 0.25) is 11.9 Å². The predicted molar refractivity (Wildman–Crippen MR) is 119 cm³/mol. The lowest BCUT2D eigenvalue weighted by Gasteiger charge is -2.11. The first-order valence-corrected chi connectivity index (χ1v) is 9.90. The number of halogens is 1. The van der Waals surface area contributed by atoms with E-state index >= 15 is 0 Å². The maximum atomic E-state index is 14.0. The van der Waals surface area contributed by atoms with Crippen LogP contribution in [0.15, 0.2) is 72.9 Å². The second-order valence-corrected chi connectivity index (χ2v) is 7.32. The lowest BCUT2D eigenvalue weighted by atomic mass is 10.0. The number of carboxylic acid groups (broad SMARTS) is 1. The van der Waals surface area contributed by atoms with Crippen LogP contribution in [-0.2, 0) is 11.2 Å². The van der Waals surface area contributed by atoms with Gasteiger partial charge in [-0.2, -0.15) is 4.39 Å². The molecule has 0 aliphatic carbocycles. The van der Waals surface area contributed by atoms with Crippen molar-refractivity contribution in [2.45, 2.75) is 12.8 Å². The van der Waals surface area contributed by atoms with Gasteiger partial charge >= 0.3 is 5.97 Å². The summed E-state index contributed by atoms with van der Waals surface area (Å²) in [6.07, 6.45) is 1.93. The Labute approximate surface area is 183 Å². The summed E-state index contributed by atoms with van der Waals surface area (Å²) < 4.78 is 14.0. The Hall–Kier alpha value is -4.26. The predicted octanol–water partition coefficient (Wildman–Crippen LogP) is 5.02. The van der Waals surface area contributed by atoms with Gasteiger partial charge in [0.1, 0.15) is 5.75 Å². The molecule has 6 nitrogen and oxygen atoms in total. The zero-order chi connectivity index (χ0) is 22.7. The maximum absolute atomic E-state index is 14.0. The average molecular weight is 430 g/mol. The molecule has 1 aromatic heterocycles. The minimum Gasteiger partial charge on any atom is -0.508 e. The van der Waals surface area contributed by atoms with Gasteiger partial charge in [-0.25, -0.2) is 9.78 Å². The normalized spacial score (nSPS) is 10.8. The summed E-state index contributed by atoms with van der Waals surface area (Å²) in [5, 5.41) is 23.6. The molecule has 160 valence electrons. The number of aromatic hydroxyl groups is 1. The number of anilines is 1. The molecule has 3 N–H and O–H groups in total. The number of amides is 1. The van der Waals surface area contributed by atoms with Crippen LogP contribution in [0.5, 0.6) is 5.75 Å². The summed E-state index contributed by atoms with van der Waals surface area (Å²) in [4.78, 5) is 27.8. The van der Waals surface area contributed by atoms with E-state index in [1.807, 2.05) is 18.2 Å². The Morgan fingerprint density at radius 1 is 0.969 bits per heavy atom. The minimum atomic E-state index is -1.23. The molecule has 0 fully saturated rings. The average Bonchev–Trinajstić information content (AvgIpc) is 2.78. The third-order valence-corrected chi connectivity index (χ3v) is 5.12. The van der Waals surface area contributed by atoms with E-state index in [-0.39, 0.29) is 34.9 Å². The van der Waals surface area contributed by atoms with Crippen molar-refractivity contribution >= 4 is 28.3 Å². The van der Waals surface area contributed by atoms with Gasteiger partial charge in [-0.15, -0.1) is 0 Å². The zero-order valence-electron chi connectivity index (χ0n) is 16.9. The maximum Gasteiger partial charge on any atom is 0.337 e. The molecule has 0 saturated carbocycles. The number of rotatable bonds is 6. The molecule has 0 aliphatic heterocycles. The number of aryl methyl sites for hydroxylation is 1. The fourth-order valence-electron chi connectivity index (χ4n) is 3.51. The van der Waals surface area contributed by atoms with Crippen molar-refractivity contribution in [2.24, 2.45) is 0 Å². The molecule has 4 rings (SSSR count). The van der Waals surface area contributed by atoms with E-state index < -0.39 is 11.9 Å². The molecule has 7 heteroatoms. The van der Waals surface area contributed by atoms with E-state index in [9.17, 15) is 24.2 Å². The van der Waals surface area contributed by atoms with E-state index in [4.69, 9.17) is 0 Å². The van der Waals surface area contributed by atoms with Crippen molar-refractivity contribution in [3.63, 3.8) is 0 Å². The second-order valence-electron chi connectivity index (χ2n) is 7.32. The van der Waals surface area contributed by atoms with Crippen molar-refractivity contribution in [2.75, 3.05) is 5.32 Å². The van der Waals surface area contributed by atoms with E-state index in [0.29, 0.717) is 12.0 Å². The van der Waals surface area contributed by atoms with Crippen LogP contribution in [-0.4, -0.2) is 27.1 Å². The molecule has 0 aliphatic rings. The quantitative estimate of drug-likeness (QED) is 0.373. The summed E-state index contributed by atoms with van der Waals surface area (Å²) in [7, 11) is 0. The Kier molecular flexibility index (Phi) is 5.81. The Bertz CT molecular complexity index is 1340.